The molecule has 0 unspecified atom stereocenters. The normalized spacial score (nSPS) is 18.3. The van der Waals surface area contributed by atoms with Crippen LogP contribution in [0.15, 0.2) is 0 Å². The molecule has 6 heteroatoms. The van der Waals surface area contributed by atoms with Crippen molar-refractivity contribution in [2.45, 2.75) is 0 Å². The van der Waals surface area contributed by atoms with Crippen LogP contribution in [0.2, 0.25) is 0 Å². The van der Waals surface area contributed by atoms with Gasteiger partial charge in [-0.05, 0) is 0 Å². The van der Waals surface area contributed by atoms with Crippen LogP contribution in [-0.4, -0.2) is 0 Å². The van der Waals surface area contributed by atoms with Gasteiger partial charge in [-0.15, -0.1) is 0 Å². The van der Waals surface area contributed by atoms with Crippen molar-refractivity contribution in [2.75, 3.05) is 0 Å². The Labute approximate surface area is 32.0 Å². The monoisotopic (exact) mass is 144 g/mol. The number of hydrogen-bond donors (Lipinski definition) is 0. The van der Waals surface area contributed by atoms with Crippen LogP contribution >= 0.6 is 0 Å². The molecule has 5 nitrogen and oxygen atoms in total. The molecule has 0 fully saturated rings. The third-order valence-electron chi connectivity index (χ3n) is 0. The van der Waals surface area contributed by atoms with Crippen molar-refractivity contribution in [3.8, 4) is 0 Å². The second-order valence-corrected chi connectivity index (χ2v) is 6.12. The summed E-state index contributed by atoms with van der Waals surface area (Å²) < 4.78 is 43.4. The fraction of sp³-hybridized carbons (Fsp3) is 0. The fourth-order valence-electron chi connectivity index (χ4n) is 0. The molecule has 0 aliphatic carbocycles. The van der Waals surface area contributed by atoms with Crippen LogP contribution in [0, 0.1) is 0 Å². The minimum atomic E-state index is -8.07. The van der Waals surface area contributed by atoms with Gasteiger partial charge in [0.25, 0.3) is 0 Å². The predicted octanol–water partition coefficient (Wildman–Crippen LogP) is -0.597. The molecule has 0 radical (unpaired) electrons. The van der Waals surface area contributed by atoms with Crippen LogP contribution in [0.5, 0.6) is 0 Å². The standard InChI is InChI=1S/5O.Zn. The molecule has 0 aliphatic heterocycles. The van der Waals surface area contributed by atoms with Crippen LogP contribution < -0.4 is 0 Å². The van der Waals surface area contributed by atoms with E-state index in [0.717, 1.165) is 0 Å². The number of hydrogen-bond acceptors (Lipinski definition) is 5. The molecule has 0 amide bonds. The summed E-state index contributed by atoms with van der Waals surface area (Å²) in [6, 6.07) is 0. The zero-order valence-electron chi connectivity index (χ0n) is 2.75. The molecule has 0 N–H and O–H groups in total. The summed E-state index contributed by atoms with van der Waals surface area (Å²) >= 11 is -8.07. The average Bonchev–Trinajstić information content (AvgIpc) is 0.650. The van der Waals surface area contributed by atoms with E-state index in [1.165, 1.54) is 0 Å². The van der Waals surface area contributed by atoms with Gasteiger partial charge in [-0.2, -0.15) is 0 Å². The second kappa shape index (κ2) is 0.655. The minimum absolute atomic E-state index is 8.07. The molecular formula is O5Zn. The van der Waals surface area contributed by atoms with Crippen molar-refractivity contribution in [2.24, 2.45) is 0 Å². The van der Waals surface area contributed by atoms with Gasteiger partial charge in [0.2, 0.25) is 0 Å². The molecule has 0 aliphatic rings. The van der Waals surface area contributed by atoms with Crippen LogP contribution in [0.3, 0.4) is 0 Å². The summed E-state index contributed by atoms with van der Waals surface area (Å²) in [4.78, 5) is 0. The molecule has 0 aromatic carbocycles. The average molecular weight is 145 g/mol. The van der Waals surface area contributed by atoms with E-state index in [-0.39, 0.29) is 0 Å². The van der Waals surface area contributed by atoms with E-state index in [2.05, 4.69) is 0 Å². The van der Waals surface area contributed by atoms with Gasteiger partial charge in [-0.3, -0.25) is 0 Å². The molecule has 0 rings (SSSR count). The molecular weight excluding hydrogens is 145 g/mol. The summed E-state index contributed by atoms with van der Waals surface area (Å²) in [5.74, 6) is 0. The van der Waals surface area contributed by atoms with Gasteiger partial charge >= 0.3 is 31.2 Å². The topological polar surface area (TPSA) is 85.3 Å². The zero-order chi connectivity index (χ0) is 5.45. The fourth-order valence-corrected chi connectivity index (χ4v) is 0. The maximum absolute atomic E-state index is 8.68. The molecule has 0 aromatic heterocycles. The Kier molecular flexibility index (Phi) is 0.614. The second-order valence-electron chi connectivity index (χ2n) is 1.18. The van der Waals surface area contributed by atoms with E-state index < -0.39 is 13.4 Å². The molecule has 0 aromatic rings. The van der Waals surface area contributed by atoms with Gasteiger partial charge in [-0.25, -0.2) is 0 Å². The van der Waals surface area contributed by atoms with Crippen LogP contribution in [0.4, 0.5) is 0 Å². The van der Waals surface area contributed by atoms with Gasteiger partial charge < -0.3 is 0 Å². The zero-order valence-corrected chi connectivity index (χ0v) is 5.72. The Morgan fingerprint density at radius 2 is 0.667 bits per heavy atom. The Morgan fingerprint density at radius 1 is 0.667 bits per heavy atom. The summed E-state index contributed by atoms with van der Waals surface area (Å²) in [5.41, 5.74) is 0. The van der Waals surface area contributed by atoms with E-state index in [9.17, 15) is 0 Å². The van der Waals surface area contributed by atoms with Gasteiger partial charge in [0.1, 0.15) is 0 Å². The summed E-state index contributed by atoms with van der Waals surface area (Å²) in [6.45, 7) is 0. The van der Waals surface area contributed by atoms with Crippen molar-refractivity contribution in [1.29, 1.82) is 0 Å². The SMILES string of the molecule is [O]=[Zn](=[O])(=[O])(=[O])=[O]. The van der Waals surface area contributed by atoms with Gasteiger partial charge in [0, 0.05) is 0 Å². The first-order valence-electron chi connectivity index (χ1n) is 1.44. The maximum atomic E-state index is 8.68. The molecule has 6 heavy (non-hydrogen) atoms. The van der Waals surface area contributed by atoms with Crippen molar-refractivity contribution >= 4 is 0 Å². The van der Waals surface area contributed by atoms with E-state index in [0.29, 0.717) is 0 Å². The molecule has 0 heterocycles. The summed E-state index contributed by atoms with van der Waals surface area (Å²) in [7, 11) is 0. The van der Waals surface area contributed by atoms with Crippen LogP contribution in [0.25, 0.3) is 0 Å². The Balaban J connectivity index is 7.45. The van der Waals surface area contributed by atoms with Crippen molar-refractivity contribution in [3.05, 3.63) is 0 Å². The quantitative estimate of drug-likeness (QED) is 0.425. The third kappa shape index (κ3) is 176. The van der Waals surface area contributed by atoms with Crippen LogP contribution in [0.1, 0.15) is 0 Å². The molecule has 32 valence electrons. The van der Waals surface area contributed by atoms with Crippen LogP contribution in [-0.2, 0) is 31.2 Å². The molecule has 0 saturated heterocycles. The molecule has 0 saturated carbocycles. The molecule has 0 atom stereocenters. The van der Waals surface area contributed by atoms with Gasteiger partial charge in [-0.1, -0.05) is 0 Å². The first-order valence-corrected chi connectivity index (χ1v) is 7.50. The Morgan fingerprint density at radius 3 is 0.667 bits per heavy atom. The Bertz CT molecular complexity index is 274. The van der Waals surface area contributed by atoms with Crippen molar-refractivity contribution in [1.82, 2.24) is 0 Å². The first kappa shape index (κ1) is 5.62. The Hall–Kier alpha value is -0.377. The van der Waals surface area contributed by atoms with E-state index in [1.54, 1.807) is 0 Å². The van der Waals surface area contributed by atoms with E-state index in [1.807, 2.05) is 0 Å². The van der Waals surface area contributed by atoms with E-state index >= 15 is 0 Å². The van der Waals surface area contributed by atoms with Crippen molar-refractivity contribution in [3.63, 3.8) is 0 Å². The van der Waals surface area contributed by atoms with Crippen molar-refractivity contribution < 1.29 is 31.2 Å². The first-order chi connectivity index (χ1) is 2.24. The third-order valence-corrected chi connectivity index (χ3v) is 0. The summed E-state index contributed by atoms with van der Waals surface area (Å²) in [5, 5.41) is 0. The van der Waals surface area contributed by atoms with E-state index in [4.69, 9.17) is 17.9 Å². The van der Waals surface area contributed by atoms with Gasteiger partial charge in [0.05, 0.1) is 0 Å². The molecule has 0 spiro atoms. The summed E-state index contributed by atoms with van der Waals surface area (Å²) in [6.07, 6.45) is 0. The predicted molar refractivity (Wildman–Crippen MR) is 3.43 cm³/mol. The van der Waals surface area contributed by atoms with Gasteiger partial charge in [0.15, 0.2) is 0 Å². The molecule has 0 bridgehead atoms. The number of rotatable bonds is 0.